The first-order valence-electron chi connectivity index (χ1n) is 8.64. The number of anilines is 1. The minimum Gasteiger partial charge on any atom is -0.313 e. The molecule has 0 bridgehead atoms. The van der Waals surface area contributed by atoms with Crippen molar-refractivity contribution in [3.63, 3.8) is 0 Å². The van der Waals surface area contributed by atoms with Gasteiger partial charge in [-0.05, 0) is 36.1 Å². The van der Waals surface area contributed by atoms with Crippen LogP contribution < -0.4 is 4.72 Å². The van der Waals surface area contributed by atoms with Gasteiger partial charge >= 0.3 is 0 Å². The molecule has 28 heavy (non-hydrogen) atoms. The fourth-order valence-corrected chi connectivity index (χ4v) is 3.86. The lowest BCUT2D eigenvalue weighted by Gasteiger charge is -2.19. The third kappa shape index (κ3) is 4.02. The van der Waals surface area contributed by atoms with Crippen LogP contribution in [-0.2, 0) is 22.5 Å². The van der Waals surface area contributed by atoms with E-state index >= 15 is 0 Å². The lowest BCUT2D eigenvalue weighted by Crippen LogP contribution is -2.16. The topological polar surface area (TPSA) is 89.8 Å². The van der Waals surface area contributed by atoms with Crippen molar-refractivity contribution in [3.05, 3.63) is 52.9 Å². The monoisotopic (exact) mass is 419 g/mol. The number of benzene rings is 1. The zero-order chi connectivity index (χ0) is 20.7. The van der Waals surface area contributed by atoms with Crippen molar-refractivity contribution in [2.75, 3.05) is 4.72 Å². The third-order valence-corrected chi connectivity index (χ3v) is 6.02. The Hall–Kier alpha value is -2.45. The standard InChI is InChI=1S/C19H22ClN5O2S/c1-12-22-23-18(25(12)5)17-16(10-14(20)11-21-17)24-28(26,27)15-8-6-13(7-9-15)19(2,3)4/h6-11,24H,1-5H3. The Morgan fingerprint density at radius 3 is 2.29 bits per heavy atom. The van der Waals surface area contributed by atoms with Crippen molar-refractivity contribution in [1.82, 2.24) is 19.7 Å². The third-order valence-electron chi connectivity index (χ3n) is 4.43. The van der Waals surface area contributed by atoms with E-state index in [1.807, 2.05) is 12.1 Å². The minimum absolute atomic E-state index is 0.0666. The highest BCUT2D eigenvalue weighted by molar-refractivity contribution is 7.92. The van der Waals surface area contributed by atoms with Gasteiger partial charge in [0, 0.05) is 13.2 Å². The molecule has 9 heteroatoms. The summed E-state index contributed by atoms with van der Waals surface area (Å²) in [6.45, 7) is 8.01. The van der Waals surface area contributed by atoms with Crippen molar-refractivity contribution in [3.8, 4) is 11.5 Å². The number of nitrogens with zero attached hydrogens (tertiary/aromatic N) is 4. The zero-order valence-corrected chi connectivity index (χ0v) is 17.9. The highest BCUT2D eigenvalue weighted by Gasteiger charge is 2.21. The first-order chi connectivity index (χ1) is 13.0. The molecule has 0 amide bonds. The van der Waals surface area contributed by atoms with E-state index in [1.54, 1.807) is 30.7 Å². The summed E-state index contributed by atoms with van der Waals surface area (Å²) in [5.74, 6) is 1.12. The van der Waals surface area contributed by atoms with Crippen molar-refractivity contribution in [2.24, 2.45) is 7.05 Å². The smallest absolute Gasteiger partial charge is 0.261 e. The largest absolute Gasteiger partial charge is 0.313 e. The Kier molecular flexibility index (Phi) is 5.20. The molecular weight excluding hydrogens is 398 g/mol. The van der Waals surface area contributed by atoms with E-state index < -0.39 is 10.0 Å². The van der Waals surface area contributed by atoms with Crippen LogP contribution in [0.25, 0.3) is 11.5 Å². The summed E-state index contributed by atoms with van der Waals surface area (Å²) in [7, 11) is -2.05. The summed E-state index contributed by atoms with van der Waals surface area (Å²) < 4.78 is 30.2. The van der Waals surface area contributed by atoms with Gasteiger partial charge in [-0.25, -0.2) is 13.4 Å². The van der Waals surface area contributed by atoms with Gasteiger partial charge in [-0.2, -0.15) is 0 Å². The Balaban J connectivity index is 2.01. The Labute approximate surface area is 169 Å². The van der Waals surface area contributed by atoms with Crippen LogP contribution in [0, 0.1) is 6.92 Å². The van der Waals surface area contributed by atoms with Gasteiger partial charge in [-0.3, -0.25) is 4.72 Å². The molecule has 2 heterocycles. The van der Waals surface area contributed by atoms with E-state index in [-0.39, 0.29) is 16.0 Å². The van der Waals surface area contributed by atoms with Gasteiger partial charge in [0.1, 0.15) is 11.5 Å². The molecule has 0 fully saturated rings. The summed E-state index contributed by atoms with van der Waals surface area (Å²) in [5, 5.41) is 8.40. The molecule has 0 spiro atoms. The van der Waals surface area contributed by atoms with E-state index in [4.69, 9.17) is 11.6 Å². The molecule has 0 radical (unpaired) electrons. The second-order valence-electron chi connectivity index (χ2n) is 7.56. The molecule has 0 aliphatic heterocycles. The molecule has 1 N–H and O–H groups in total. The van der Waals surface area contributed by atoms with Gasteiger partial charge in [-0.1, -0.05) is 44.5 Å². The van der Waals surface area contributed by atoms with Crippen molar-refractivity contribution in [2.45, 2.75) is 38.0 Å². The SMILES string of the molecule is Cc1nnc(-c2ncc(Cl)cc2NS(=O)(=O)c2ccc(C(C)(C)C)cc2)n1C. The van der Waals surface area contributed by atoms with Gasteiger partial charge in [0.05, 0.1) is 15.6 Å². The van der Waals surface area contributed by atoms with Crippen LogP contribution in [0.5, 0.6) is 0 Å². The average molecular weight is 420 g/mol. The molecule has 0 saturated carbocycles. The van der Waals surface area contributed by atoms with Gasteiger partial charge in [0.2, 0.25) is 0 Å². The molecule has 3 rings (SSSR count). The number of aromatic nitrogens is 4. The molecule has 2 aromatic heterocycles. The number of nitrogens with one attached hydrogen (secondary N) is 1. The van der Waals surface area contributed by atoms with Gasteiger partial charge in [0.25, 0.3) is 10.0 Å². The summed E-state index contributed by atoms with van der Waals surface area (Å²) in [5.41, 5.74) is 1.57. The molecule has 0 aliphatic carbocycles. The van der Waals surface area contributed by atoms with Gasteiger partial charge in [-0.15, -0.1) is 10.2 Å². The lowest BCUT2D eigenvalue weighted by atomic mass is 9.87. The molecule has 0 saturated heterocycles. The molecule has 7 nitrogen and oxygen atoms in total. The zero-order valence-electron chi connectivity index (χ0n) is 16.4. The molecule has 3 aromatic rings. The molecular formula is C19H22ClN5O2S. The van der Waals surface area contributed by atoms with Crippen molar-refractivity contribution < 1.29 is 8.42 Å². The Morgan fingerprint density at radius 2 is 1.75 bits per heavy atom. The number of sulfonamides is 1. The van der Waals surface area contributed by atoms with Crippen LogP contribution in [0.15, 0.2) is 41.4 Å². The lowest BCUT2D eigenvalue weighted by molar-refractivity contribution is 0.587. The van der Waals surface area contributed by atoms with Gasteiger partial charge < -0.3 is 4.57 Å². The van der Waals surface area contributed by atoms with E-state index in [0.717, 1.165) is 5.56 Å². The number of aryl methyl sites for hydroxylation is 1. The molecule has 148 valence electrons. The van der Waals surface area contributed by atoms with Crippen LogP contribution >= 0.6 is 11.6 Å². The van der Waals surface area contributed by atoms with Crippen LogP contribution in [0.4, 0.5) is 5.69 Å². The second kappa shape index (κ2) is 7.18. The predicted octanol–water partition coefficient (Wildman–Crippen LogP) is 3.94. The Morgan fingerprint density at radius 1 is 1.11 bits per heavy atom. The van der Waals surface area contributed by atoms with Crippen LogP contribution in [-0.4, -0.2) is 28.2 Å². The quantitative estimate of drug-likeness (QED) is 0.691. The molecule has 0 aliphatic rings. The number of pyridine rings is 1. The van der Waals surface area contributed by atoms with Crippen LogP contribution in [0.1, 0.15) is 32.2 Å². The summed E-state index contributed by atoms with van der Waals surface area (Å²) in [4.78, 5) is 4.42. The number of hydrogen-bond donors (Lipinski definition) is 1. The first-order valence-corrected chi connectivity index (χ1v) is 10.5. The fourth-order valence-electron chi connectivity index (χ4n) is 2.65. The second-order valence-corrected chi connectivity index (χ2v) is 9.68. The molecule has 0 atom stereocenters. The van der Waals surface area contributed by atoms with E-state index in [0.29, 0.717) is 22.4 Å². The first kappa shape index (κ1) is 20.3. The maximum Gasteiger partial charge on any atom is 0.261 e. The van der Waals surface area contributed by atoms with Crippen molar-refractivity contribution in [1.29, 1.82) is 0 Å². The maximum absolute atomic E-state index is 12.9. The summed E-state index contributed by atoms with van der Waals surface area (Å²) in [6, 6.07) is 8.32. The van der Waals surface area contributed by atoms with Gasteiger partial charge in [0.15, 0.2) is 5.82 Å². The molecule has 0 unspecified atom stereocenters. The summed E-state index contributed by atoms with van der Waals surface area (Å²) in [6.07, 6.45) is 1.44. The van der Waals surface area contributed by atoms with E-state index in [1.165, 1.54) is 12.3 Å². The normalized spacial score (nSPS) is 12.2. The van der Waals surface area contributed by atoms with E-state index in [2.05, 4.69) is 40.7 Å². The average Bonchev–Trinajstić information content (AvgIpc) is 2.93. The fraction of sp³-hybridized carbons (Fsp3) is 0.316. The number of halogens is 1. The highest BCUT2D eigenvalue weighted by Crippen LogP contribution is 2.30. The number of rotatable bonds is 4. The predicted molar refractivity (Wildman–Crippen MR) is 110 cm³/mol. The van der Waals surface area contributed by atoms with Crippen LogP contribution in [0.2, 0.25) is 5.02 Å². The number of hydrogen-bond acceptors (Lipinski definition) is 5. The highest BCUT2D eigenvalue weighted by atomic mass is 35.5. The Bertz CT molecular complexity index is 1120. The minimum atomic E-state index is -3.83. The van der Waals surface area contributed by atoms with E-state index in [9.17, 15) is 8.42 Å². The van der Waals surface area contributed by atoms with Crippen LogP contribution in [0.3, 0.4) is 0 Å². The molecule has 1 aromatic carbocycles. The summed E-state index contributed by atoms with van der Waals surface area (Å²) >= 11 is 6.05. The maximum atomic E-state index is 12.9. The van der Waals surface area contributed by atoms with Crippen molar-refractivity contribution >= 4 is 27.3 Å².